The van der Waals surface area contributed by atoms with Crippen LogP contribution in [0.3, 0.4) is 0 Å². The van der Waals surface area contributed by atoms with Crippen LogP contribution in [0.2, 0.25) is 0 Å². The molecule has 2 atom stereocenters. The third-order valence-electron chi connectivity index (χ3n) is 6.26. The topological polar surface area (TPSA) is 93.1 Å². The summed E-state index contributed by atoms with van der Waals surface area (Å²) in [6.07, 6.45) is 1.35. The summed E-state index contributed by atoms with van der Waals surface area (Å²) in [5.74, 6) is -0.270. The number of aromatic nitrogens is 2. The van der Waals surface area contributed by atoms with Gasteiger partial charge in [-0.1, -0.05) is 20.8 Å². The van der Waals surface area contributed by atoms with E-state index in [1.165, 1.54) is 0 Å². The molecule has 0 spiro atoms. The summed E-state index contributed by atoms with van der Waals surface area (Å²) in [7, 11) is 1.63. The number of hydrogen-bond donors (Lipinski definition) is 2. The van der Waals surface area contributed by atoms with Crippen LogP contribution in [0.25, 0.3) is 0 Å². The van der Waals surface area contributed by atoms with E-state index in [0.29, 0.717) is 31.6 Å². The molecule has 0 aliphatic heterocycles. The Morgan fingerprint density at radius 2 is 1.96 bits per heavy atom. The third kappa shape index (κ3) is 3.39. The van der Waals surface area contributed by atoms with E-state index in [-0.39, 0.29) is 23.4 Å². The SMILES string of the molecule is CNC(=O)[C@@H]1CC[C@](C)(C(=O)NCCn2c(C)cc(C)nc2=O)C1(C)C. The van der Waals surface area contributed by atoms with Gasteiger partial charge in [-0.05, 0) is 38.2 Å². The number of nitrogens with zero attached hydrogens (tertiary/aromatic N) is 2. The molecule has 144 valence electrons. The van der Waals surface area contributed by atoms with Crippen molar-refractivity contribution in [2.24, 2.45) is 16.7 Å². The lowest BCUT2D eigenvalue weighted by molar-refractivity contribution is -0.138. The zero-order chi connectivity index (χ0) is 19.7. The van der Waals surface area contributed by atoms with Crippen molar-refractivity contribution >= 4 is 11.8 Å². The Kier molecular flexibility index (Phi) is 5.58. The van der Waals surface area contributed by atoms with Crippen LogP contribution in [0.15, 0.2) is 10.9 Å². The van der Waals surface area contributed by atoms with E-state index < -0.39 is 10.8 Å². The quantitative estimate of drug-likeness (QED) is 0.822. The second kappa shape index (κ2) is 7.21. The highest BCUT2D eigenvalue weighted by molar-refractivity contribution is 5.87. The van der Waals surface area contributed by atoms with Crippen molar-refractivity contribution in [3.63, 3.8) is 0 Å². The molecule has 0 bridgehead atoms. The first-order valence-electron chi connectivity index (χ1n) is 9.09. The van der Waals surface area contributed by atoms with Crippen LogP contribution in [-0.2, 0) is 16.1 Å². The van der Waals surface area contributed by atoms with E-state index >= 15 is 0 Å². The van der Waals surface area contributed by atoms with E-state index in [1.807, 2.05) is 33.8 Å². The van der Waals surface area contributed by atoms with Crippen LogP contribution in [0.1, 0.15) is 45.0 Å². The normalized spacial score (nSPS) is 24.3. The monoisotopic (exact) mass is 362 g/mol. The first-order valence-corrected chi connectivity index (χ1v) is 9.09. The molecule has 0 radical (unpaired) electrons. The highest BCUT2D eigenvalue weighted by Crippen LogP contribution is 2.56. The third-order valence-corrected chi connectivity index (χ3v) is 6.26. The van der Waals surface area contributed by atoms with E-state index in [2.05, 4.69) is 15.6 Å². The molecule has 2 amide bonds. The van der Waals surface area contributed by atoms with Crippen molar-refractivity contribution in [2.75, 3.05) is 13.6 Å². The fourth-order valence-corrected chi connectivity index (χ4v) is 4.06. The summed E-state index contributed by atoms with van der Waals surface area (Å²) in [5.41, 5.74) is 0.131. The maximum atomic E-state index is 12.9. The van der Waals surface area contributed by atoms with Crippen molar-refractivity contribution in [3.8, 4) is 0 Å². The Morgan fingerprint density at radius 3 is 2.54 bits per heavy atom. The van der Waals surface area contributed by atoms with Gasteiger partial charge >= 0.3 is 5.69 Å². The van der Waals surface area contributed by atoms with Crippen LogP contribution in [0, 0.1) is 30.6 Å². The molecule has 1 aromatic heterocycles. The first kappa shape index (κ1) is 20.1. The van der Waals surface area contributed by atoms with Gasteiger partial charge in [0.15, 0.2) is 0 Å². The average Bonchev–Trinajstić information content (AvgIpc) is 2.80. The molecule has 26 heavy (non-hydrogen) atoms. The number of nitrogens with one attached hydrogen (secondary N) is 2. The fraction of sp³-hybridized carbons (Fsp3) is 0.684. The Labute approximate surface area is 154 Å². The predicted molar refractivity (Wildman–Crippen MR) is 99.7 cm³/mol. The fourth-order valence-electron chi connectivity index (χ4n) is 4.06. The van der Waals surface area contributed by atoms with Crippen LogP contribution in [-0.4, -0.2) is 35.0 Å². The largest absolute Gasteiger partial charge is 0.359 e. The van der Waals surface area contributed by atoms with Crippen molar-refractivity contribution < 1.29 is 9.59 Å². The van der Waals surface area contributed by atoms with Gasteiger partial charge in [0, 0.05) is 37.4 Å². The first-order chi connectivity index (χ1) is 12.0. The molecule has 1 heterocycles. The van der Waals surface area contributed by atoms with Crippen molar-refractivity contribution in [1.82, 2.24) is 20.2 Å². The molecule has 1 saturated carbocycles. The molecule has 7 nitrogen and oxygen atoms in total. The van der Waals surface area contributed by atoms with Gasteiger partial charge in [-0.2, -0.15) is 4.98 Å². The standard InChI is InChI=1S/C19H30N4O3/c1-12-11-13(2)23(17(26)22-12)10-9-21-16(25)19(5)8-7-14(15(24)20-6)18(19,3)4/h11,14H,7-10H2,1-6H3,(H,20,24)(H,21,25)/t14-,19+/m0/s1. The van der Waals surface area contributed by atoms with Crippen molar-refractivity contribution in [1.29, 1.82) is 0 Å². The summed E-state index contributed by atoms with van der Waals surface area (Å²) >= 11 is 0. The molecule has 0 saturated heterocycles. The number of aryl methyl sites for hydroxylation is 2. The molecule has 2 N–H and O–H groups in total. The minimum Gasteiger partial charge on any atom is -0.359 e. The highest BCUT2D eigenvalue weighted by atomic mass is 16.2. The Balaban J connectivity index is 2.06. The minimum atomic E-state index is -0.629. The smallest absolute Gasteiger partial charge is 0.348 e. The maximum Gasteiger partial charge on any atom is 0.348 e. The molecule has 0 unspecified atom stereocenters. The van der Waals surface area contributed by atoms with Crippen LogP contribution in [0.4, 0.5) is 0 Å². The molecular weight excluding hydrogens is 332 g/mol. The van der Waals surface area contributed by atoms with Crippen LogP contribution >= 0.6 is 0 Å². The molecule has 0 aromatic carbocycles. The highest BCUT2D eigenvalue weighted by Gasteiger charge is 2.57. The molecule has 2 rings (SSSR count). The predicted octanol–water partition coefficient (Wildman–Crippen LogP) is 1.16. The Bertz CT molecular complexity index is 769. The number of rotatable bonds is 5. The van der Waals surface area contributed by atoms with Crippen molar-refractivity contribution in [2.45, 2.75) is 54.0 Å². The summed E-state index contributed by atoms with van der Waals surface area (Å²) < 4.78 is 1.56. The van der Waals surface area contributed by atoms with Gasteiger partial charge < -0.3 is 10.6 Å². The summed E-state index contributed by atoms with van der Waals surface area (Å²) in [5, 5.41) is 5.66. The maximum absolute atomic E-state index is 12.9. The lowest BCUT2D eigenvalue weighted by Crippen LogP contribution is -2.49. The number of carbonyl (C=O) groups is 2. The van der Waals surface area contributed by atoms with E-state index in [0.717, 1.165) is 5.69 Å². The van der Waals surface area contributed by atoms with Crippen LogP contribution in [0.5, 0.6) is 0 Å². The summed E-state index contributed by atoms with van der Waals surface area (Å²) in [4.78, 5) is 41.0. The molecule has 1 aromatic rings. The van der Waals surface area contributed by atoms with Crippen molar-refractivity contribution in [3.05, 3.63) is 27.9 Å². The van der Waals surface area contributed by atoms with Gasteiger partial charge in [-0.25, -0.2) is 4.79 Å². The number of amides is 2. The van der Waals surface area contributed by atoms with Gasteiger partial charge in [0.2, 0.25) is 11.8 Å². The Morgan fingerprint density at radius 1 is 1.31 bits per heavy atom. The van der Waals surface area contributed by atoms with E-state index in [9.17, 15) is 14.4 Å². The van der Waals surface area contributed by atoms with E-state index in [1.54, 1.807) is 18.5 Å². The molecule has 1 aliphatic carbocycles. The number of hydrogen-bond acceptors (Lipinski definition) is 4. The molecule has 1 fully saturated rings. The molecule has 7 heteroatoms. The second-order valence-electron chi connectivity index (χ2n) is 7.99. The average molecular weight is 362 g/mol. The van der Waals surface area contributed by atoms with E-state index in [4.69, 9.17) is 0 Å². The van der Waals surface area contributed by atoms with Gasteiger partial charge in [0.05, 0.1) is 5.41 Å². The summed E-state index contributed by atoms with van der Waals surface area (Å²) in [6.45, 7) is 10.3. The summed E-state index contributed by atoms with van der Waals surface area (Å²) in [6, 6.07) is 1.85. The molecule has 1 aliphatic rings. The zero-order valence-electron chi connectivity index (χ0n) is 16.6. The number of carbonyl (C=O) groups excluding carboxylic acids is 2. The van der Waals surface area contributed by atoms with Gasteiger partial charge in [-0.3, -0.25) is 14.2 Å². The minimum absolute atomic E-state index is 0.0144. The van der Waals surface area contributed by atoms with Gasteiger partial charge in [0.1, 0.15) is 0 Å². The molecular formula is C19H30N4O3. The van der Waals surface area contributed by atoms with Gasteiger partial charge in [0.25, 0.3) is 0 Å². The zero-order valence-corrected chi connectivity index (χ0v) is 16.6. The second-order valence-corrected chi connectivity index (χ2v) is 7.99. The van der Waals surface area contributed by atoms with Gasteiger partial charge in [-0.15, -0.1) is 0 Å². The Hall–Kier alpha value is -2.18. The van der Waals surface area contributed by atoms with Crippen LogP contribution < -0.4 is 16.3 Å². The lowest BCUT2D eigenvalue weighted by Gasteiger charge is -2.39. The lowest BCUT2D eigenvalue weighted by atomic mass is 9.65.